The van der Waals surface area contributed by atoms with E-state index >= 15 is 0 Å². The Morgan fingerprint density at radius 1 is 1.14 bits per heavy atom. The lowest BCUT2D eigenvalue weighted by Crippen LogP contribution is -2.29. The molecule has 2 amide bonds. The molecule has 0 saturated heterocycles. The van der Waals surface area contributed by atoms with Gasteiger partial charge in [0.2, 0.25) is 0 Å². The van der Waals surface area contributed by atoms with Crippen LogP contribution >= 0.6 is 7.14 Å². The molecule has 2 heterocycles. The Kier molecular flexibility index (Phi) is 5.57. The fourth-order valence-electron chi connectivity index (χ4n) is 3.10. The summed E-state index contributed by atoms with van der Waals surface area (Å²) < 4.78 is 18.0. The van der Waals surface area contributed by atoms with Crippen molar-refractivity contribution < 1.29 is 23.7 Å². The molecule has 0 aliphatic carbocycles. The maximum atomic E-state index is 12.4. The van der Waals surface area contributed by atoms with Crippen LogP contribution in [-0.4, -0.2) is 30.3 Å². The molecule has 0 spiro atoms. The van der Waals surface area contributed by atoms with E-state index in [1.807, 2.05) is 26.0 Å². The normalized spacial score (nSPS) is 15.4. The smallest absolute Gasteiger partial charge is 0.276 e. The highest BCUT2D eigenvalue weighted by atomic mass is 31.2. The average Bonchev–Trinajstić information content (AvgIpc) is 3.17. The average molecular weight is 417 g/mol. The van der Waals surface area contributed by atoms with E-state index in [0.717, 1.165) is 5.76 Å². The van der Waals surface area contributed by atoms with Gasteiger partial charge in [-0.1, -0.05) is 13.0 Å². The standard InChI is InChI=1S/C20H24N3O5P/c1-5-12(14-10-9-11(2)28-14)21-16-17(20(26)23-19(16)25)22-13-7-6-8-15(18(13)24)29(3,4)27/h6-10,12,24H,5H2,1-4H3,(H3,21,22,23,25,26)/t12-/m1/s1. The van der Waals surface area contributed by atoms with Crippen molar-refractivity contribution in [3.63, 3.8) is 0 Å². The molecule has 0 unspecified atom stereocenters. The second-order valence-corrected chi connectivity index (χ2v) is 10.4. The number of furan rings is 1. The van der Waals surface area contributed by atoms with Crippen LogP contribution in [0.4, 0.5) is 5.69 Å². The number of hydrogen-bond acceptors (Lipinski definition) is 7. The molecular formula is C20H24N3O5P. The van der Waals surface area contributed by atoms with E-state index in [-0.39, 0.29) is 28.9 Å². The number of amides is 2. The van der Waals surface area contributed by atoms with E-state index in [1.165, 1.54) is 0 Å². The number of aryl methyl sites for hydroxylation is 1. The van der Waals surface area contributed by atoms with E-state index in [4.69, 9.17) is 4.42 Å². The summed E-state index contributed by atoms with van der Waals surface area (Å²) in [5.41, 5.74) is 0.218. The van der Waals surface area contributed by atoms with Crippen molar-refractivity contribution in [2.45, 2.75) is 26.3 Å². The van der Waals surface area contributed by atoms with E-state index in [1.54, 1.807) is 31.5 Å². The number of nitrogens with one attached hydrogen (secondary N) is 3. The van der Waals surface area contributed by atoms with Gasteiger partial charge in [-0.3, -0.25) is 14.9 Å². The predicted molar refractivity (Wildman–Crippen MR) is 111 cm³/mol. The molecule has 0 fully saturated rings. The van der Waals surface area contributed by atoms with Gasteiger partial charge in [0.15, 0.2) is 0 Å². The highest BCUT2D eigenvalue weighted by Gasteiger charge is 2.33. The van der Waals surface area contributed by atoms with Crippen molar-refractivity contribution in [1.82, 2.24) is 10.6 Å². The van der Waals surface area contributed by atoms with E-state index < -0.39 is 19.0 Å². The number of para-hydroxylation sites is 1. The zero-order valence-corrected chi connectivity index (χ0v) is 17.6. The summed E-state index contributed by atoms with van der Waals surface area (Å²) in [7, 11) is -2.74. The van der Waals surface area contributed by atoms with Crippen LogP contribution in [0.5, 0.6) is 5.75 Å². The summed E-state index contributed by atoms with van der Waals surface area (Å²) >= 11 is 0. The van der Waals surface area contributed by atoms with Gasteiger partial charge in [0.1, 0.15) is 35.8 Å². The molecule has 3 rings (SSSR count). The number of aromatic hydroxyl groups is 1. The van der Waals surface area contributed by atoms with Crippen LogP contribution in [0.15, 0.2) is 46.1 Å². The number of rotatable bonds is 7. The number of benzene rings is 1. The lowest BCUT2D eigenvalue weighted by atomic mass is 10.1. The Morgan fingerprint density at radius 3 is 2.41 bits per heavy atom. The third kappa shape index (κ3) is 4.22. The molecule has 1 aromatic carbocycles. The molecule has 29 heavy (non-hydrogen) atoms. The van der Waals surface area contributed by atoms with Gasteiger partial charge in [-0.2, -0.15) is 0 Å². The van der Waals surface area contributed by atoms with E-state index in [0.29, 0.717) is 17.5 Å². The molecule has 1 aliphatic heterocycles. The molecule has 154 valence electrons. The van der Waals surface area contributed by atoms with Gasteiger partial charge >= 0.3 is 0 Å². The summed E-state index contributed by atoms with van der Waals surface area (Å²) in [5.74, 6) is -0.0272. The van der Waals surface area contributed by atoms with Crippen LogP contribution in [0.2, 0.25) is 0 Å². The summed E-state index contributed by atoms with van der Waals surface area (Å²) in [4.78, 5) is 24.7. The van der Waals surface area contributed by atoms with Crippen molar-refractivity contribution >= 4 is 29.9 Å². The largest absolute Gasteiger partial charge is 0.505 e. The fraction of sp³-hybridized carbons (Fsp3) is 0.300. The molecule has 0 radical (unpaired) electrons. The zero-order valence-electron chi connectivity index (χ0n) is 16.7. The van der Waals surface area contributed by atoms with Gasteiger partial charge in [0.25, 0.3) is 11.8 Å². The lowest BCUT2D eigenvalue weighted by Gasteiger charge is -2.18. The van der Waals surface area contributed by atoms with Gasteiger partial charge in [0.05, 0.1) is 17.0 Å². The Bertz CT molecular complexity index is 1050. The molecule has 8 nitrogen and oxygen atoms in total. The van der Waals surface area contributed by atoms with Crippen molar-refractivity contribution in [2.75, 3.05) is 18.6 Å². The van der Waals surface area contributed by atoms with E-state index in [2.05, 4.69) is 16.0 Å². The Hall–Kier alpha value is -2.99. The van der Waals surface area contributed by atoms with Crippen LogP contribution in [0.3, 0.4) is 0 Å². The predicted octanol–water partition coefficient (Wildman–Crippen LogP) is 2.56. The van der Waals surface area contributed by atoms with Gasteiger partial charge < -0.3 is 24.7 Å². The topological polar surface area (TPSA) is 121 Å². The van der Waals surface area contributed by atoms with Gasteiger partial charge in [0, 0.05) is 0 Å². The number of phenolic OH excluding ortho intramolecular Hbond substituents is 1. The second-order valence-electron chi connectivity index (χ2n) is 7.24. The maximum absolute atomic E-state index is 12.4. The molecular weight excluding hydrogens is 393 g/mol. The van der Waals surface area contributed by atoms with Crippen molar-refractivity contribution in [3.8, 4) is 5.75 Å². The van der Waals surface area contributed by atoms with Gasteiger partial charge in [-0.05, 0) is 50.9 Å². The minimum Gasteiger partial charge on any atom is -0.505 e. The molecule has 9 heteroatoms. The minimum atomic E-state index is -2.74. The number of imide groups is 1. The van der Waals surface area contributed by atoms with Crippen LogP contribution in [-0.2, 0) is 14.2 Å². The third-order valence-corrected chi connectivity index (χ3v) is 6.14. The molecule has 0 bridgehead atoms. The Balaban J connectivity index is 1.97. The third-order valence-electron chi connectivity index (χ3n) is 4.62. The van der Waals surface area contributed by atoms with Gasteiger partial charge in [-0.25, -0.2) is 0 Å². The molecule has 1 atom stereocenters. The fourth-order valence-corrected chi connectivity index (χ4v) is 4.18. The molecule has 1 aromatic heterocycles. The summed E-state index contributed by atoms with van der Waals surface area (Å²) in [5, 5.41) is 18.9. The van der Waals surface area contributed by atoms with Crippen LogP contribution in [0.1, 0.15) is 30.9 Å². The highest BCUT2D eigenvalue weighted by molar-refractivity contribution is 7.70. The van der Waals surface area contributed by atoms with Gasteiger partial charge in [-0.15, -0.1) is 0 Å². The first-order valence-electron chi connectivity index (χ1n) is 9.19. The van der Waals surface area contributed by atoms with Crippen molar-refractivity contribution in [2.24, 2.45) is 0 Å². The number of hydrogen-bond donors (Lipinski definition) is 4. The first-order chi connectivity index (χ1) is 13.6. The van der Waals surface area contributed by atoms with E-state index in [9.17, 15) is 19.3 Å². The molecule has 2 aromatic rings. The number of carbonyl (C=O) groups is 2. The van der Waals surface area contributed by atoms with Crippen LogP contribution < -0.4 is 21.3 Å². The number of phenols is 1. The van der Waals surface area contributed by atoms with Crippen molar-refractivity contribution in [3.05, 3.63) is 53.2 Å². The SMILES string of the molecule is CC[C@@H](NC1=C(Nc2cccc(P(C)(C)=O)c2O)C(=O)NC1=O)c1ccc(C)o1. The summed E-state index contributed by atoms with van der Waals surface area (Å²) in [6.45, 7) is 6.83. The van der Waals surface area contributed by atoms with Crippen LogP contribution in [0.25, 0.3) is 0 Å². The monoisotopic (exact) mass is 417 g/mol. The zero-order chi connectivity index (χ0) is 21.3. The van der Waals surface area contributed by atoms with Crippen LogP contribution in [0, 0.1) is 6.92 Å². The molecule has 1 aliphatic rings. The minimum absolute atomic E-state index is 0.0220. The number of anilines is 1. The first kappa shape index (κ1) is 20.7. The quantitative estimate of drug-likeness (QED) is 0.310. The van der Waals surface area contributed by atoms with Crippen molar-refractivity contribution in [1.29, 1.82) is 0 Å². The summed E-state index contributed by atoms with van der Waals surface area (Å²) in [6.07, 6.45) is 0.612. The number of carbonyl (C=O) groups excluding carboxylic acids is 2. The Morgan fingerprint density at radius 2 is 1.83 bits per heavy atom. The molecule has 0 saturated carbocycles. The first-order valence-corrected chi connectivity index (χ1v) is 11.8. The Labute approximate surface area is 168 Å². The highest BCUT2D eigenvalue weighted by Crippen LogP contribution is 2.41. The lowest BCUT2D eigenvalue weighted by molar-refractivity contribution is -0.124. The molecule has 4 N–H and O–H groups in total. The summed E-state index contributed by atoms with van der Waals surface area (Å²) in [6, 6.07) is 8.06. The second kappa shape index (κ2) is 7.79. The maximum Gasteiger partial charge on any atom is 0.276 e.